The Morgan fingerprint density at radius 3 is 2.44 bits per heavy atom. The maximum atomic E-state index is 12.2. The number of nitro groups is 1. The number of carboxylic acids is 1. The first kappa shape index (κ1) is 16.2. The van der Waals surface area contributed by atoms with E-state index in [-0.39, 0.29) is 16.6 Å². The highest BCUT2D eigenvalue weighted by molar-refractivity contribution is 6.06. The number of non-ortho nitro benzene ring substituents is 1. The van der Waals surface area contributed by atoms with Crippen LogP contribution in [0.1, 0.15) is 10.4 Å². The molecule has 0 saturated carbocycles. The molecule has 0 amide bonds. The van der Waals surface area contributed by atoms with E-state index in [2.05, 4.69) is 4.98 Å². The third-order valence-electron chi connectivity index (χ3n) is 3.80. The van der Waals surface area contributed by atoms with Crippen LogP contribution in [0, 0.1) is 10.1 Å². The Kier molecular flexibility index (Phi) is 3.94. The molecule has 8 nitrogen and oxygen atoms in total. The van der Waals surface area contributed by atoms with Crippen LogP contribution in [0.25, 0.3) is 22.0 Å². The van der Waals surface area contributed by atoms with Crippen molar-refractivity contribution >= 4 is 22.6 Å². The van der Waals surface area contributed by atoms with Gasteiger partial charge in [0.2, 0.25) is 0 Å². The molecule has 1 aromatic heterocycles. The van der Waals surface area contributed by atoms with Gasteiger partial charge < -0.3 is 14.8 Å². The highest BCUT2D eigenvalue weighted by Crippen LogP contribution is 2.32. The summed E-state index contributed by atoms with van der Waals surface area (Å²) in [4.78, 5) is 36.8. The van der Waals surface area contributed by atoms with Crippen molar-refractivity contribution in [2.45, 2.75) is 0 Å². The third-order valence-corrected chi connectivity index (χ3v) is 3.80. The molecule has 8 heteroatoms. The summed E-state index contributed by atoms with van der Waals surface area (Å²) in [6.45, 7) is 0. The minimum Gasteiger partial charge on any atom is -0.497 e. The molecule has 0 atom stereocenters. The zero-order chi connectivity index (χ0) is 18.1. The van der Waals surface area contributed by atoms with Crippen LogP contribution < -0.4 is 10.3 Å². The molecule has 126 valence electrons. The van der Waals surface area contributed by atoms with Crippen molar-refractivity contribution in [3.8, 4) is 16.9 Å². The van der Waals surface area contributed by atoms with E-state index in [1.54, 1.807) is 24.3 Å². The van der Waals surface area contributed by atoms with Crippen LogP contribution in [0.2, 0.25) is 0 Å². The second-order valence-corrected chi connectivity index (χ2v) is 5.22. The summed E-state index contributed by atoms with van der Waals surface area (Å²) in [5.74, 6) is -0.860. The van der Waals surface area contributed by atoms with Gasteiger partial charge in [0.25, 0.3) is 11.2 Å². The Bertz CT molecular complexity index is 1050. The second-order valence-electron chi connectivity index (χ2n) is 5.22. The molecule has 2 N–H and O–H groups in total. The van der Waals surface area contributed by atoms with E-state index in [0.29, 0.717) is 16.8 Å². The maximum absolute atomic E-state index is 12.2. The summed E-state index contributed by atoms with van der Waals surface area (Å²) in [6, 6.07) is 10.3. The zero-order valence-electron chi connectivity index (χ0n) is 13.0. The molecule has 0 saturated heterocycles. The number of carboxylic acid groups (broad SMARTS) is 1. The SMILES string of the molecule is COc1ccc(-c2c(C(=O)O)c(=O)[nH]c3ccc([N+](=O)[O-])cc23)cc1. The molecule has 3 aromatic rings. The highest BCUT2D eigenvalue weighted by atomic mass is 16.6. The van der Waals surface area contributed by atoms with Gasteiger partial charge in [-0.05, 0) is 23.8 Å². The molecule has 0 aliphatic carbocycles. The van der Waals surface area contributed by atoms with Gasteiger partial charge in [0.15, 0.2) is 0 Å². The number of benzene rings is 2. The smallest absolute Gasteiger partial charge is 0.342 e. The molecule has 3 rings (SSSR count). The largest absolute Gasteiger partial charge is 0.497 e. The molecule has 0 spiro atoms. The zero-order valence-corrected chi connectivity index (χ0v) is 13.0. The second kappa shape index (κ2) is 6.08. The van der Waals surface area contributed by atoms with Crippen molar-refractivity contribution in [2.24, 2.45) is 0 Å². The minimum absolute atomic E-state index is 0.123. The lowest BCUT2D eigenvalue weighted by Crippen LogP contribution is -2.19. The van der Waals surface area contributed by atoms with E-state index in [0.717, 1.165) is 0 Å². The summed E-state index contributed by atoms with van der Waals surface area (Å²) >= 11 is 0. The number of H-pyrrole nitrogens is 1. The van der Waals surface area contributed by atoms with Crippen molar-refractivity contribution in [1.82, 2.24) is 4.98 Å². The molecule has 25 heavy (non-hydrogen) atoms. The first-order valence-corrected chi connectivity index (χ1v) is 7.14. The predicted octanol–water partition coefficient (Wildman–Crippen LogP) is 2.81. The summed E-state index contributed by atoms with van der Waals surface area (Å²) < 4.78 is 5.07. The van der Waals surface area contributed by atoms with Crippen molar-refractivity contribution in [1.29, 1.82) is 0 Å². The minimum atomic E-state index is -1.42. The lowest BCUT2D eigenvalue weighted by molar-refractivity contribution is -0.384. The van der Waals surface area contributed by atoms with Crippen LogP contribution in [0.4, 0.5) is 5.69 Å². The number of rotatable bonds is 4. The van der Waals surface area contributed by atoms with E-state index in [9.17, 15) is 24.8 Å². The number of hydrogen-bond donors (Lipinski definition) is 2. The Hall–Kier alpha value is -3.68. The predicted molar refractivity (Wildman–Crippen MR) is 90.2 cm³/mol. The van der Waals surface area contributed by atoms with Gasteiger partial charge in [0.05, 0.1) is 12.0 Å². The fourth-order valence-corrected chi connectivity index (χ4v) is 2.66. The molecule has 0 fully saturated rings. The van der Waals surface area contributed by atoms with Crippen LogP contribution in [0.3, 0.4) is 0 Å². The number of nitro benzene ring substituents is 1. The van der Waals surface area contributed by atoms with Crippen LogP contribution in [-0.4, -0.2) is 28.1 Å². The lowest BCUT2D eigenvalue weighted by atomic mass is 9.96. The quantitative estimate of drug-likeness (QED) is 0.556. The van der Waals surface area contributed by atoms with Crippen molar-refractivity contribution in [2.75, 3.05) is 7.11 Å². The Morgan fingerprint density at radius 1 is 1.20 bits per heavy atom. The standard InChI is InChI=1S/C17H12N2O6/c1-25-11-5-2-9(3-6-11)14-12-8-10(19(23)24)4-7-13(12)18-16(20)15(14)17(21)22/h2-8H,1H3,(H,18,20)(H,21,22). The van der Waals surface area contributed by atoms with E-state index in [1.165, 1.54) is 25.3 Å². The Labute approximate surface area is 140 Å². The first-order chi connectivity index (χ1) is 11.9. The molecule has 0 aliphatic heterocycles. The number of nitrogens with one attached hydrogen (secondary N) is 1. The molecule has 1 heterocycles. The van der Waals surface area contributed by atoms with Gasteiger partial charge >= 0.3 is 5.97 Å². The third kappa shape index (κ3) is 2.80. The number of aromatic carboxylic acids is 1. The van der Waals surface area contributed by atoms with Crippen molar-refractivity contribution in [3.63, 3.8) is 0 Å². The molecule has 2 aromatic carbocycles. The fraction of sp³-hybridized carbons (Fsp3) is 0.0588. The number of fused-ring (bicyclic) bond motifs is 1. The van der Waals surface area contributed by atoms with E-state index in [1.807, 2.05) is 0 Å². The molecule has 0 unspecified atom stereocenters. The summed E-state index contributed by atoms with van der Waals surface area (Å²) in [7, 11) is 1.49. The molecule has 0 bridgehead atoms. The van der Waals surface area contributed by atoms with Gasteiger partial charge in [-0.2, -0.15) is 0 Å². The number of aromatic nitrogens is 1. The number of carbonyl (C=O) groups is 1. The van der Waals surface area contributed by atoms with Crippen LogP contribution in [0.5, 0.6) is 5.75 Å². The first-order valence-electron chi connectivity index (χ1n) is 7.14. The number of methoxy groups -OCH3 is 1. The number of hydrogen-bond acceptors (Lipinski definition) is 5. The summed E-state index contributed by atoms with van der Waals surface area (Å²) in [5, 5.41) is 20.8. The summed E-state index contributed by atoms with van der Waals surface area (Å²) in [5.41, 5.74) is -0.581. The van der Waals surface area contributed by atoms with Crippen molar-refractivity contribution < 1.29 is 19.6 Å². The van der Waals surface area contributed by atoms with Crippen LogP contribution in [-0.2, 0) is 0 Å². The number of nitrogens with zero attached hydrogens (tertiary/aromatic N) is 1. The highest BCUT2D eigenvalue weighted by Gasteiger charge is 2.21. The topological polar surface area (TPSA) is 123 Å². The Morgan fingerprint density at radius 2 is 1.88 bits per heavy atom. The van der Waals surface area contributed by atoms with Gasteiger partial charge in [-0.1, -0.05) is 12.1 Å². The van der Waals surface area contributed by atoms with Gasteiger partial charge in [-0.3, -0.25) is 14.9 Å². The normalized spacial score (nSPS) is 10.6. The molecular weight excluding hydrogens is 328 g/mol. The monoisotopic (exact) mass is 340 g/mol. The Balaban J connectivity index is 2.43. The van der Waals surface area contributed by atoms with Crippen LogP contribution >= 0.6 is 0 Å². The van der Waals surface area contributed by atoms with Crippen LogP contribution in [0.15, 0.2) is 47.3 Å². The fourth-order valence-electron chi connectivity index (χ4n) is 2.66. The van der Waals surface area contributed by atoms with E-state index in [4.69, 9.17) is 4.74 Å². The lowest BCUT2D eigenvalue weighted by Gasteiger charge is -2.11. The number of pyridine rings is 1. The van der Waals surface area contributed by atoms with Crippen molar-refractivity contribution in [3.05, 3.63) is 68.5 Å². The maximum Gasteiger partial charge on any atom is 0.342 e. The van der Waals surface area contributed by atoms with Gasteiger partial charge in [-0.25, -0.2) is 4.79 Å². The summed E-state index contributed by atoms with van der Waals surface area (Å²) in [6.07, 6.45) is 0. The van der Waals surface area contributed by atoms with Gasteiger partial charge in [0.1, 0.15) is 11.3 Å². The average Bonchev–Trinajstić information content (AvgIpc) is 2.59. The van der Waals surface area contributed by atoms with Gasteiger partial charge in [-0.15, -0.1) is 0 Å². The van der Waals surface area contributed by atoms with E-state index >= 15 is 0 Å². The number of ether oxygens (including phenoxy) is 1. The average molecular weight is 340 g/mol. The molecule has 0 aliphatic rings. The molecule has 0 radical (unpaired) electrons. The van der Waals surface area contributed by atoms with E-state index < -0.39 is 22.0 Å². The van der Waals surface area contributed by atoms with Gasteiger partial charge in [0, 0.05) is 28.6 Å². The molecular formula is C17H12N2O6. The number of aromatic amines is 1.